The lowest BCUT2D eigenvalue weighted by Crippen LogP contribution is -2.48. The minimum atomic E-state index is -0.610. The first-order chi connectivity index (χ1) is 14.7. The Morgan fingerprint density at radius 2 is 1.84 bits per heavy atom. The van der Waals surface area contributed by atoms with Crippen LogP contribution in [0.3, 0.4) is 0 Å². The summed E-state index contributed by atoms with van der Waals surface area (Å²) >= 11 is 0. The zero-order valence-electron chi connectivity index (χ0n) is 19.0. The summed E-state index contributed by atoms with van der Waals surface area (Å²) in [5.41, 5.74) is 5.99. The molecule has 0 aliphatic carbocycles. The van der Waals surface area contributed by atoms with Gasteiger partial charge in [0.05, 0.1) is 23.9 Å². The van der Waals surface area contributed by atoms with E-state index in [4.69, 9.17) is 9.47 Å². The highest BCUT2D eigenvalue weighted by molar-refractivity contribution is 5.95. The Morgan fingerprint density at radius 1 is 1.10 bits per heavy atom. The second kappa shape index (κ2) is 9.25. The number of amides is 2. The molecule has 1 aliphatic heterocycles. The van der Waals surface area contributed by atoms with Gasteiger partial charge in [-0.15, -0.1) is 0 Å². The second-order valence-electron chi connectivity index (χ2n) is 7.93. The zero-order valence-corrected chi connectivity index (χ0v) is 19.0. The number of hydrogen-bond donors (Lipinski definition) is 1. The van der Waals surface area contributed by atoms with Crippen molar-refractivity contribution in [3.8, 4) is 5.75 Å². The van der Waals surface area contributed by atoms with Gasteiger partial charge in [-0.3, -0.25) is 4.90 Å². The number of rotatable bonds is 6. The van der Waals surface area contributed by atoms with Crippen molar-refractivity contribution in [3.05, 3.63) is 75.5 Å². The van der Waals surface area contributed by atoms with Gasteiger partial charge >= 0.3 is 12.0 Å². The van der Waals surface area contributed by atoms with E-state index in [1.807, 2.05) is 58.0 Å². The Labute approximate surface area is 183 Å². The maximum absolute atomic E-state index is 13.0. The van der Waals surface area contributed by atoms with E-state index in [2.05, 4.69) is 11.4 Å². The van der Waals surface area contributed by atoms with Crippen LogP contribution in [-0.4, -0.2) is 37.2 Å². The zero-order chi connectivity index (χ0) is 22.7. The van der Waals surface area contributed by atoms with Crippen molar-refractivity contribution in [2.75, 3.05) is 20.3 Å². The van der Waals surface area contributed by atoms with Gasteiger partial charge in [0.2, 0.25) is 0 Å². The molecule has 0 fully saturated rings. The average molecular weight is 423 g/mol. The maximum Gasteiger partial charge on any atom is 0.338 e. The van der Waals surface area contributed by atoms with Crippen molar-refractivity contribution in [2.45, 2.75) is 40.7 Å². The topological polar surface area (TPSA) is 67.9 Å². The third-order valence-electron chi connectivity index (χ3n) is 5.58. The summed E-state index contributed by atoms with van der Waals surface area (Å²) in [6.07, 6.45) is 0. The van der Waals surface area contributed by atoms with E-state index < -0.39 is 12.0 Å². The van der Waals surface area contributed by atoms with E-state index in [9.17, 15) is 9.59 Å². The molecule has 3 rings (SSSR count). The fourth-order valence-electron chi connectivity index (χ4n) is 3.78. The van der Waals surface area contributed by atoms with Crippen LogP contribution < -0.4 is 10.1 Å². The molecule has 1 heterocycles. The summed E-state index contributed by atoms with van der Waals surface area (Å²) in [4.78, 5) is 27.2. The lowest BCUT2D eigenvalue weighted by Gasteiger charge is -2.34. The van der Waals surface area contributed by atoms with Gasteiger partial charge in [-0.25, -0.2) is 9.59 Å². The van der Waals surface area contributed by atoms with Crippen LogP contribution in [0, 0.1) is 27.7 Å². The van der Waals surface area contributed by atoms with Crippen molar-refractivity contribution in [1.29, 1.82) is 0 Å². The van der Waals surface area contributed by atoms with Crippen molar-refractivity contribution in [1.82, 2.24) is 10.2 Å². The molecule has 2 amide bonds. The quantitative estimate of drug-likeness (QED) is 0.696. The van der Waals surface area contributed by atoms with Crippen molar-refractivity contribution >= 4 is 12.0 Å². The van der Waals surface area contributed by atoms with Crippen molar-refractivity contribution in [2.24, 2.45) is 0 Å². The number of likely N-dealkylation sites (N-methyl/N-ethyl adjacent to an activating group) is 1. The molecule has 0 saturated carbocycles. The first kappa shape index (κ1) is 22.4. The number of aryl methyl sites for hydroxylation is 3. The normalized spacial score (nSPS) is 16.3. The van der Waals surface area contributed by atoms with E-state index in [1.54, 1.807) is 14.0 Å². The van der Waals surface area contributed by atoms with Crippen LogP contribution in [0.1, 0.15) is 40.8 Å². The summed E-state index contributed by atoms with van der Waals surface area (Å²) < 4.78 is 11.5. The molecule has 2 aromatic carbocycles. The molecule has 0 aromatic heterocycles. The van der Waals surface area contributed by atoms with E-state index in [0.29, 0.717) is 11.3 Å². The third kappa shape index (κ3) is 4.74. The number of ether oxygens (including phenoxy) is 2. The number of urea groups is 1. The van der Waals surface area contributed by atoms with E-state index in [-0.39, 0.29) is 19.2 Å². The van der Waals surface area contributed by atoms with Gasteiger partial charge in [0.25, 0.3) is 0 Å². The van der Waals surface area contributed by atoms with E-state index in [1.165, 1.54) is 4.90 Å². The molecule has 0 saturated heterocycles. The highest BCUT2D eigenvalue weighted by atomic mass is 16.5. The Balaban J connectivity index is 2.07. The van der Waals surface area contributed by atoms with Gasteiger partial charge in [0, 0.05) is 7.05 Å². The van der Waals surface area contributed by atoms with E-state index >= 15 is 0 Å². The Morgan fingerprint density at radius 3 is 2.52 bits per heavy atom. The third-order valence-corrected chi connectivity index (χ3v) is 5.58. The molecule has 6 nitrogen and oxygen atoms in total. The predicted octanol–water partition coefficient (Wildman–Crippen LogP) is 4.51. The van der Waals surface area contributed by atoms with E-state index in [0.717, 1.165) is 33.6 Å². The van der Waals surface area contributed by atoms with Crippen LogP contribution >= 0.6 is 0 Å². The number of nitrogens with one attached hydrogen (secondary N) is 1. The largest absolute Gasteiger partial charge is 0.487 e. The van der Waals surface area contributed by atoms with Gasteiger partial charge in [0.15, 0.2) is 0 Å². The predicted molar refractivity (Wildman–Crippen MR) is 120 cm³/mol. The fraction of sp³-hybridized carbons (Fsp3) is 0.360. The summed E-state index contributed by atoms with van der Waals surface area (Å²) in [7, 11) is 1.63. The molecule has 0 bridgehead atoms. The smallest absolute Gasteiger partial charge is 0.338 e. The molecule has 1 unspecified atom stereocenters. The average Bonchev–Trinajstić information content (AvgIpc) is 2.72. The highest BCUT2D eigenvalue weighted by Crippen LogP contribution is 2.32. The van der Waals surface area contributed by atoms with Gasteiger partial charge in [0.1, 0.15) is 12.4 Å². The van der Waals surface area contributed by atoms with Crippen molar-refractivity contribution < 1.29 is 19.1 Å². The molecule has 1 aliphatic rings. The Bertz CT molecular complexity index is 1040. The number of carbonyl (C=O) groups excluding carboxylic acids is 2. The highest BCUT2D eigenvalue weighted by Gasteiger charge is 2.37. The van der Waals surface area contributed by atoms with Crippen molar-refractivity contribution in [3.63, 3.8) is 0 Å². The summed E-state index contributed by atoms with van der Waals surface area (Å²) in [6.45, 7) is 10.1. The lowest BCUT2D eigenvalue weighted by atomic mass is 9.94. The summed E-state index contributed by atoms with van der Waals surface area (Å²) in [5, 5.41) is 2.93. The van der Waals surface area contributed by atoms with Crippen LogP contribution in [0.15, 0.2) is 47.7 Å². The molecule has 164 valence electrons. The molecule has 1 atom stereocenters. The maximum atomic E-state index is 13.0. The van der Waals surface area contributed by atoms with Crippen LogP contribution in [0.2, 0.25) is 0 Å². The number of esters is 1. The summed E-state index contributed by atoms with van der Waals surface area (Å²) in [5.74, 6) is 0.274. The number of carbonyl (C=O) groups is 2. The first-order valence-corrected chi connectivity index (χ1v) is 10.4. The van der Waals surface area contributed by atoms with Gasteiger partial charge in [-0.2, -0.15) is 0 Å². The molecule has 31 heavy (non-hydrogen) atoms. The molecular weight excluding hydrogens is 392 g/mol. The monoisotopic (exact) mass is 422 g/mol. The molecule has 2 aromatic rings. The minimum Gasteiger partial charge on any atom is -0.487 e. The van der Waals surface area contributed by atoms with Gasteiger partial charge < -0.3 is 14.8 Å². The second-order valence-corrected chi connectivity index (χ2v) is 7.93. The standard InChI is InChI=1S/C25H30N2O4/c1-7-30-24(28)22-20(14-31-21-13-16(3)11-17(4)18(21)5)27(6)25(29)26-23(22)19-10-8-9-15(2)12-19/h8-13,23H,7,14H2,1-6H3,(H,26,29). The van der Waals surface area contributed by atoms with Crippen LogP contribution in [0.4, 0.5) is 4.79 Å². The van der Waals surface area contributed by atoms with Gasteiger partial charge in [-0.05, 0) is 62.9 Å². The number of benzene rings is 2. The molecule has 0 spiro atoms. The molecule has 6 heteroatoms. The molecule has 1 N–H and O–H groups in total. The summed E-state index contributed by atoms with van der Waals surface area (Å²) in [6, 6.07) is 10.9. The molecular formula is C25H30N2O4. The number of nitrogens with zero attached hydrogens (tertiary/aromatic N) is 1. The Hall–Kier alpha value is -3.28. The van der Waals surface area contributed by atoms with Gasteiger partial charge in [-0.1, -0.05) is 35.9 Å². The van der Waals surface area contributed by atoms with Crippen LogP contribution in [0.5, 0.6) is 5.75 Å². The lowest BCUT2D eigenvalue weighted by molar-refractivity contribution is -0.139. The van der Waals surface area contributed by atoms with Crippen LogP contribution in [-0.2, 0) is 9.53 Å². The Kier molecular flexibility index (Phi) is 6.68. The van der Waals surface area contributed by atoms with Crippen LogP contribution in [0.25, 0.3) is 0 Å². The SMILES string of the molecule is CCOC(=O)C1=C(COc2cc(C)cc(C)c2C)N(C)C(=O)NC1c1cccc(C)c1. The fourth-order valence-corrected chi connectivity index (χ4v) is 3.78. The number of hydrogen-bond acceptors (Lipinski definition) is 4. The molecule has 0 radical (unpaired) electrons. The minimum absolute atomic E-state index is 0.0735. The first-order valence-electron chi connectivity index (χ1n) is 10.4.